The van der Waals surface area contributed by atoms with Gasteiger partial charge in [-0.25, -0.2) is 0 Å². The third-order valence-electron chi connectivity index (χ3n) is 4.27. The van der Waals surface area contributed by atoms with Crippen LogP contribution in [-0.4, -0.2) is 29.2 Å². The lowest BCUT2D eigenvalue weighted by Crippen LogP contribution is -2.36. The summed E-state index contributed by atoms with van der Waals surface area (Å²) in [5.41, 5.74) is 1.45. The Hall–Kier alpha value is -0.900. The normalized spacial score (nSPS) is 19.9. The minimum atomic E-state index is -0.149. The van der Waals surface area contributed by atoms with E-state index < -0.39 is 0 Å². The first-order valence-corrected chi connectivity index (χ1v) is 7.97. The highest BCUT2D eigenvalue weighted by atomic mass is 32.1. The zero-order valence-corrected chi connectivity index (χ0v) is 12.2. The predicted octanol–water partition coefficient (Wildman–Crippen LogP) is 3.49. The molecular weight excluding hydrogens is 254 g/mol. The van der Waals surface area contributed by atoms with Gasteiger partial charge < -0.3 is 5.11 Å². The molecule has 0 amide bonds. The van der Waals surface area contributed by atoms with Gasteiger partial charge in [0.05, 0.1) is 6.10 Å². The standard InChI is InChI=1S/C16H21NOS/c1-12(18)13-6-8-17(9-7-13)10-14-11-19-16-5-3-2-4-15(14)16/h2-5,11-13,18H,6-10H2,1H3. The molecule has 1 aliphatic rings. The number of aliphatic hydroxyl groups is 1. The van der Waals surface area contributed by atoms with Gasteiger partial charge in [0.15, 0.2) is 0 Å². The van der Waals surface area contributed by atoms with Crippen molar-refractivity contribution in [2.75, 3.05) is 13.1 Å². The molecule has 1 fully saturated rings. The number of likely N-dealkylation sites (tertiary alicyclic amines) is 1. The lowest BCUT2D eigenvalue weighted by atomic mass is 9.92. The molecule has 3 heteroatoms. The van der Waals surface area contributed by atoms with Gasteiger partial charge in [-0.05, 0) is 61.2 Å². The fourth-order valence-electron chi connectivity index (χ4n) is 2.99. The first kappa shape index (κ1) is 13.1. The smallest absolute Gasteiger partial charge is 0.0541 e. The van der Waals surface area contributed by atoms with Crippen LogP contribution in [-0.2, 0) is 6.54 Å². The molecule has 0 spiro atoms. The summed E-state index contributed by atoms with van der Waals surface area (Å²) in [4.78, 5) is 2.52. The molecule has 1 aliphatic heterocycles. The zero-order chi connectivity index (χ0) is 13.2. The summed E-state index contributed by atoms with van der Waals surface area (Å²) < 4.78 is 1.39. The first-order valence-electron chi connectivity index (χ1n) is 7.09. The third-order valence-corrected chi connectivity index (χ3v) is 5.28. The van der Waals surface area contributed by atoms with Crippen molar-refractivity contribution in [3.63, 3.8) is 0 Å². The molecule has 1 aromatic carbocycles. The van der Waals surface area contributed by atoms with Gasteiger partial charge in [-0.1, -0.05) is 18.2 Å². The lowest BCUT2D eigenvalue weighted by Gasteiger charge is -2.33. The Labute approximate surface area is 118 Å². The highest BCUT2D eigenvalue weighted by Crippen LogP contribution is 2.28. The van der Waals surface area contributed by atoms with Crippen molar-refractivity contribution in [1.29, 1.82) is 0 Å². The van der Waals surface area contributed by atoms with Crippen LogP contribution in [0.15, 0.2) is 29.6 Å². The zero-order valence-electron chi connectivity index (χ0n) is 11.4. The number of fused-ring (bicyclic) bond motifs is 1. The molecule has 0 radical (unpaired) electrons. The summed E-state index contributed by atoms with van der Waals surface area (Å²) in [6.45, 7) is 5.20. The summed E-state index contributed by atoms with van der Waals surface area (Å²) in [6, 6.07) is 8.65. The molecule has 1 atom stereocenters. The highest BCUT2D eigenvalue weighted by molar-refractivity contribution is 7.17. The van der Waals surface area contributed by atoms with Gasteiger partial charge in [-0.15, -0.1) is 11.3 Å². The van der Waals surface area contributed by atoms with Crippen molar-refractivity contribution in [3.05, 3.63) is 35.2 Å². The lowest BCUT2D eigenvalue weighted by molar-refractivity contribution is 0.0697. The number of rotatable bonds is 3. The van der Waals surface area contributed by atoms with E-state index in [-0.39, 0.29) is 6.10 Å². The van der Waals surface area contributed by atoms with Gasteiger partial charge in [-0.2, -0.15) is 0 Å². The van der Waals surface area contributed by atoms with E-state index in [0.717, 1.165) is 32.5 Å². The van der Waals surface area contributed by atoms with Crippen LogP contribution in [0.3, 0.4) is 0 Å². The maximum absolute atomic E-state index is 9.64. The molecule has 1 N–H and O–H groups in total. The molecule has 1 saturated heterocycles. The Morgan fingerprint density at radius 1 is 1.32 bits per heavy atom. The van der Waals surface area contributed by atoms with Crippen LogP contribution < -0.4 is 0 Å². The number of benzene rings is 1. The molecule has 3 rings (SSSR count). The molecule has 2 heterocycles. The van der Waals surface area contributed by atoms with Crippen LogP contribution in [0.1, 0.15) is 25.3 Å². The topological polar surface area (TPSA) is 23.5 Å². The fraction of sp³-hybridized carbons (Fsp3) is 0.500. The van der Waals surface area contributed by atoms with Gasteiger partial charge >= 0.3 is 0 Å². The summed E-state index contributed by atoms with van der Waals surface area (Å²) in [5, 5.41) is 13.3. The van der Waals surface area contributed by atoms with Crippen LogP contribution in [0.5, 0.6) is 0 Å². The second-order valence-electron chi connectivity index (χ2n) is 5.61. The number of piperidine rings is 1. The van der Waals surface area contributed by atoms with E-state index >= 15 is 0 Å². The first-order chi connectivity index (χ1) is 9.24. The Kier molecular flexibility index (Phi) is 3.87. The minimum absolute atomic E-state index is 0.149. The SMILES string of the molecule is CC(O)C1CCN(Cc2csc3ccccc23)CC1. The second kappa shape index (κ2) is 5.61. The van der Waals surface area contributed by atoms with E-state index in [1.807, 2.05) is 18.3 Å². The monoisotopic (exact) mass is 275 g/mol. The quantitative estimate of drug-likeness (QED) is 0.927. The molecule has 0 aliphatic carbocycles. The molecule has 2 aromatic rings. The maximum Gasteiger partial charge on any atom is 0.0541 e. The van der Waals surface area contributed by atoms with Gasteiger partial charge in [0.1, 0.15) is 0 Å². The summed E-state index contributed by atoms with van der Waals surface area (Å²) in [5.74, 6) is 0.496. The summed E-state index contributed by atoms with van der Waals surface area (Å²) in [7, 11) is 0. The largest absolute Gasteiger partial charge is 0.393 e. The maximum atomic E-state index is 9.64. The molecule has 0 bridgehead atoms. The van der Waals surface area contributed by atoms with E-state index in [9.17, 15) is 5.11 Å². The van der Waals surface area contributed by atoms with Crippen LogP contribution in [0, 0.1) is 5.92 Å². The van der Waals surface area contributed by atoms with Gasteiger partial charge in [-0.3, -0.25) is 4.90 Å². The van der Waals surface area contributed by atoms with E-state index in [4.69, 9.17) is 0 Å². The van der Waals surface area contributed by atoms with Crippen LogP contribution in [0.25, 0.3) is 10.1 Å². The number of hydrogen-bond acceptors (Lipinski definition) is 3. The summed E-state index contributed by atoms with van der Waals surface area (Å²) >= 11 is 1.84. The molecular formula is C16H21NOS. The van der Waals surface area contributed by atoms with E-state index in [1.165, 1.54) is 15.6 Å². The van der Waals surface area contributed by atoms with Crippen LogP contribution in [0.4, 0.5) is 0 Å². The average Bonchev–Trinajstić information content (AvgIpc) is 2.83. The molecule has 1 aromatic heterocycles. The Bertz CT molecular complexity index is 540. The number of hydrogen-bond donors (Lipinski definition) is 1. The molecule has 1 unspecified atom stereocenters. The van der Waals surface area contributed by atoms with Crippen LogP contribution in [0.2, 0.25) is 0 Å². The Morgan fingerprint density at radius 2 is 2.05 bits per heavy atom. The second-order valence-corrected chi connectivity index (χ2v) is 6.52. The van der Waals surface area contributed by atoms with Crippen LogP contribution >= 0.6 is 11.3 Å². The molecule has 2 nitrogen and oxygen atoms in total. The highest BCUT2D eigenvalue weighted by Gasteiger charge is 2.22. The van der Waals surface area contributed by atoms with Gasteiger partial charge in [0, 0.05) is 11.2 Å². The van der Waals surface area contributed by atoms with Crippen molar-refractivity contribution in [2.45, 2.75) is 32.4 Å². The molecule has 102 valence electrons. The van der Waals surface area contributed by atoms with Gasteiger partial charge in [0.2, 0.25) is 0 Å². The van der Waals surface area contributed by atoms with Crippen molar-refractivity contribution in [1.82, 2.24) is 4.90 Å². The number of nitrogens with zero attached hydrogens (tertiary/aromatic N) is 1. The number of thiophene rings is 1. The third kappa shape index (κ3) is 2.83. The van der Waals surface area contributed by atoms with E-state index in [0.29, 0.717) is 5.92 Å². The van der Waals surface area contributed by atoms with E-state index in [1.54, 1.807) is 0 Å². The van der Waals surface area contributed by atoms with Crippen molar-refractivity contribution in [3.8, 4) is 0 Å². The number of aliphatic hydroxyl groups excluding tert-OH is 1. The van der Waals surface area contributed by atoms with E-state index in [2.05, 4.69) is 34.5 Å². The Balaban J connectivity index is 1.66. The van der Waals surface area contributed by atoms with Crippen molar-refractivity contribution >= 4 is 21.4 Å². The van der Waals surface area contributed by atoms with Gasteiger partial charge in [0.25, 0.3) is 0 Å². The minimum Gasteiger partial charge on any atom is -0.393 e. The molecule has 19 heavy (non-hydrogen) atoms. The summed E-state index contributed by atoms with van der Waals surface area (Å²) in [6.07, 6.45) is 2.10. The van der Waals surface area contributed by atoms with Crippen molar-refractivity contribution < 1.29 is 5.11 Å². The Morgan fingerprint density at radius 3 is 2.79 bits per heavy atom. The fourth-order valence-corrected chi connectivity index (χ4v) is 3.94. The van der Waals surface area contributed by atoms with Crippen molar-refractivity contribution in [2.24, 2.45) is 5.92 Å². The molecule has 0 saturated carbocycles. The predicted molar refractivity (Wildman–Crippen MR) is 81.5 cm³/mol. The average molecular weight is 275 g/mol.